The Balaban J connectivity index is 1.46. The summed E-state index contributed by atoms with van der Waals surface area (Å²) in [5, 5.41) is 5.85. The monoisotopic (exact) mass is 441 g/mol. The quantitative estimate of drug-likeness (QED) is 0.650. The summed E-state index contributed by atoms with van der Waals surface area (Å²) in [6.07, 6.45) is 0.404. The lowest BCUT2D eigenvalue weighted by Gasteiger charge is -2.35. The summed E-state index contributed by atoms with van der Waals surface area (Å²) in [4.78, 5) is 26.9. The molecule has 7 heteroatoms. The highest BCUT2D eigenvalue weighted by molar-refractivity contribution is 8.00. The highest BCUT2D eigenvalue weighted by Gasteiger charge is 2.22. The van der Waals surface area contributed by atoms with E-state index in [2.05, 4.69) is 29.4 Å². The van der Waals surface area contributed by atoms with Crippen molar-refractivity contribution in [3.8, 4) is 0 Å². The lowest BCUT2D eigenvalue weighted by Crippen LogP contribution is -2.44. The summed E-state index contributed by atoms with van der Waals surface area (Å²) in [5.41, 5.74) is 3.81. The van der Waals surface area contributed by atoms with Crippen LogP contribution >= 0.6 is 11.8 Å². The average Bonchev–Trinajstić information content (AvgIpc) is 2.70. The van der Waals surface area contributed by atoms with Crippen LogP contribution in [0.15, 0.2) is 48.5 Å². The largest absolute Gasteiger partial charge is 0.373 e. The van der Waals surface area contributed by atoms with Gasteiger partial charge < -0.3 is 15.4 Å². The van der Waals surface area contributed by atoms with Crippen molar-refractivity contribution < 1.29 is 14.3 Å². The van der Waals surface area contributed by atoms with Crippen LogP contribution in [0.3, 0.4) is 0 Å². The summed E-state index contributed by atoms with van der Waals surface area (Å²) < 4.78 is 5.81. The van der Waals surface area contributed by atoms with Crippen LogP contribution in [-0.2, 0) is 20.9 Å². The third kappa shape index (κ3) is 7.69. The van der Waals surface area contributed by atoms with Crippen LogP contribution in [0.2, 0.25) is 0 Å². The molecule has 6 nitrogen and oxygen atoms in total. The molecule has 31 heavy (non-hydrogen) atoms. The number of morpholine rings is 1. The van der Waals surface area contributed by atoms with E-state index in [-0.39, 0.29) is 35.5 Å². The Bertz CT molecular complexity index is 878. The number of thioether (sulfide) groups is 1. The molecule has 1 aliphatic heterocycles. The number of benzene rings is 2. The fourth-order valence-electron chi connectivity index (χ4n) is 3.69. The van der Waals surface area contributed by atoms with Gasteiger partial charge in [0.2, 0.25) is 11.8 Å². The highest BCUT2D eigenvalue weighted by atomic mass is 32.2. The first kappa shape index (κ1) is 23.3. The summed E-state index contributed by atoms with van der Waals surface area (Å²) in [7, 11) is 0. The number of nitrogens with one attached hydrogen (secondary N) is 2. The van der Waals surface area contributed by atoms with Gasteiger partial charge in [0, 0.05) is 31.0 Å². The number of hydrogen-bond donors (Lipinski definition) is 2. The molecule has 0 aromatic heterocycles. The second-order valence-electron chi connectivity index (χ2n) is 8.06. The number of aryl methyl sites for hydroxylation is 1. The van der Waals surface area contributed by atoms with E-state index in [1.165, 1.54) is 11.8 Å². The van der Waals surface area contributed by atoms with Crippen molar-refractivity contribution in [2.75, 3.05) is 35.2 Å². The standard InChI is InChI=1S/C24H31N3O3S/c1-17-8-10-21(11-9-17)25-23(28)15-31-16-24(29)26-22-7-5-4-6-20(22)14-27-12-18(2)30-19(3)13-27/h4-11,18-19H,12-16H2,1-3H3,(H,25,28)(H,26,29). The van der Waals surface area contributed by atoms with Crippen molar-refractivity contribution in [3.05, 3.63) is 59.7 Å². The van der Waals surface area contributed by atoms with E-state index < -0.39 is 0 Å². The third-order valence-corrected chi connectivity index (χ3v) is 5.91. The Hall–Kier alpha value is -2.35. The van der Waals surface area contributed by atoms with Crippen LogP contribution in [0, 0.1) is 6.92 Å². The number of anilines is 2. The highest BCUT2D eigenvalue weighted by Crippen LogP contribution is 2.20. The summed E-state index contributed by atoms with van der Waals surface area (Å²) >= 11 is 1.30. The molecular weight excluding hydrogens is 410 g/mol. The predicted octanol–water partition coefficient (Wildman–Crippen LogP) is 3.91. The molecule has 0 saturated carbocycles. The van der Waals surface area contributed by atoms with E-state index in [1.807, 2.05) is 55.5 Å². The molecule has 2 atom stereocenters. The topological polar surface area (TPSA) is 70.7 Å². The smallest absolute Gasteiger partial charge is 0.234 e. The van der Waals surface area contributed by atoms with Crippen LogP contribution in [0.1, 0.15) is 25.0 Å². The van der Waals surface area contributed by atoms with Gasteiger partial charge in [0.05, 0.1) is 23.7 Å². The number of nitrogens with zero attached hydrogens (tertiary/aromatic N) is 1. The Morgan fingerprint density at radius 2 is 1.58 bits per heavy atom. The minimum atomic E-state index is -0.113. The number of carbonyl (C=O) groups excluding carboxylic acids is 2. The molecule has 1 aliphatic rings. The number of hydrogen-bond acceptors (Lipinski definition) is 5. The van der Waals surface area contributed by atoms with Gasteiger partial charge in [-0.25, -0.2) is 0 Å². The van der Waals surface area contributed by atoms with Gasteiger partial charge in [-0.05, 0) is 44.5 Å². The van der Waals surface area contributed by atoms with Gasteiger partial charge >= 0.3 is 0 Å². The predicted molar refractivity (Wildman–Crippen MR) is 127 cm³/mol. The molecule has 0 bridgehead atoms. The molecule has 2 amide bonds. The number of amides is 2. The number of carbonyl (C=O) groups is 2. The van der Waals surface area contributed by atoms with Crippen molar-refractivity contribution in [1.29, 1.82) is 0 Å². The zero-order valence-electron chi connectivity index (χ0n) is 18.4. The van der Waals surface area contributed by atoms with E-state index in [9.17, 15) is 9.59 Å². The third-order valence-electron chi connectivity index (χ3n) is 4.98. The zero-order chi connectivity index (χ0) is 22.2. The van der Waals surface area contributed by atoms with Crippen molar-refractivity contribution in [3.63, 3.8) is 0 Å². The van der Waals surface area contributed by atoms with Gasteiger partial charge in [-0.15, -0.1) is 11.8 Å². The molecule has 2 aromatic carbocycles. The molecule has 2 unspecified atom stereocenters. The molecule has 1 fully saturated rings. The van der Waals surface area contributed by atoms with E-state index in [1.54, 1.807) is 0 Å². The van der Waals surface area contributed by atoms with Crippen molar-refractivity contribution >= 4 is 35.0 Å². The second kappa shape index (κ2) is 11.3. The van der Waals surface area contributed by atoms with E-state index in [0.29, 0.717) is 0 Å². The fourth-order valence-corrected chi connectivity index (χ4v) is 4.31. The zero-order valence-corrected chi connectivity index (χ0v) is 19.2. The van der Waals surface area contributed by atoms with Gasteiger partial charge in [0.1, 0.15) is 0 Å². The Kier molecular flexibility index (Phi) is 8.51. The van der Waals surface area contributed by atoms with Crippen LogP contribution in [0.5, 0.6) is 0 Å². The Labute approximate surface area is 188 Å². The van der Waals surface area contributed by atoms with E-state index in [4.69, 9.17) is 4.74 Å². The van der Waals surface area contributed by atoms with Crippen LogP contribution in [0.4, 0.5) is 11.4 Å². The average molecular weight is 442 g/mol. The summed E-state index contributed by atoms with van der Waals surface area (Å²) in [6, 6.07) is 15.5. The molecule has 2 aromatic rings. The van der Waals surface area contributed by atoms with Gasteiger partial charge in [0.15, 0.2) is 0 Å². The minimum Gasteiger partial charge on any atom is -0.373 e. The number of rotatable bonds is 8. The van der Waals surface area contributed by atoms with E-state index in [0.717, 1.165) is 42.1 Å². The van der Waals surface area contributed by atoms with Crippen molar-refractivity contribution in [1.82, 2.24) is 4.90 Å². The maximum Gasteiger partial charge on any atom is 0.234 e. The van der Waals surface area contributed by atoms with Crippen molar-refractivity contribution in [2.45, 2.75) is 39.5 Å². The lowest BCUT2D eigenvalue weighted by atomic mass is 10.1. The maximum atomic E-state index is 12.4. The molecule has 1 saturated heterocycles. The first-order chi connectivity index (χ1) is 14.9. The number of para-hydroxylation sites is 1. The van der Waals surface area contributed by atoms with Gasteiger partial charge in [-0.1, -0.05) is 35.9 Å². The first-order valence-corrected chi connectivity index (χ1v) is 11.7. The molecule has 1 heterocycles. The Morgan fingerprint density at radius 3 is 2.26 bits per heavy atom. The maximum absolute atomic E-state index is 12.4. The Morgan fingerprint density at radius 1 is 0.968 bits per heavy atom. The summed E-state index contributed by atoms with van der Waals surface area (Å²) in [5.74, 6) is 0.232. The van der Waals surface area contributed by atoms with Crippen LogP contribution in [0.25, 0.3) is 0 Å². The van der Waals surface area contributed by atoms with Crippen LogP contribution < -0.4 is 10.6 Å². The second-order valence-corrected chi connectivity index (χ2v) is 9.05. The van der Waals surface area contributed by atoms with Gasteiger partial charge in [-0.3, -0.25) is 14.5 Å². The fraction of sp³-hybridized carbons (Fsp3) is 0.417. The molecule has 3 rings (SSSR count). The van der Waals surface area contributed by atoms with Crippen LogP contribution in [-0.4, -0.2) is 53.5 Å². The first-order valence-electron chi connectivity index (χ1n) is 10.6. The van der Waals surface area contributed by atoms with Gasteiger partial charge in [-0.2, -0.15) is 0 Å². The molecule has 0 spiro atoms. The molecule has 166 valence electrons. The molecule has 0 radical (unpaired) electrons. The van der Waals surface area contributed by atoms with E-state index >= 15 is 0 Å². The lowest BCUT2D eigenvalue weighted by molar-refractivity contribution is -0.114. The summed E-state index contributed by atoms with van der Waals surface area (Å²) in [6.45, 7) is 8.68. The van der Waals surface area contributed by atoms with Crippen molar-refractivity contribution in [2.24, 2.45) is 0 Å². The molecule has 2 N–H and O–H groups in total. The molecule has 0 aliphatic carbocycles. The number of ether oxygens (including phenoxy) is 1. The minimum absolute atomic E-state index is 0.107. The normalized spacial score (nSPS) is 19.1. The van der Waals surface area contributed by atoms with Gasteiger partial charge in [0.25, 0.3) is 0 Å². The SMILES string of the molecule is Cc1ccc(NC(=O)CSCC(=O)Nc2ccccc2CN2CC(C)OC(C)C2)cc1. The molecular formula is C24H31N3O3S.